The Morgan fingerprint density at radius 2 is 2.38 bits per heavy atom. The van der Waals surface area contributed by atoms with Gasteiger partial charge < -0.3 is 0 Å². The Hall–Kier alpha value is -0.860. The summed E-state index contributed by atoms with van der Waals surface area (Å²) in [5.41, 5.74) is 0. The minimum absolute atomic E-state index is 0.465. The smallest absolute Gasteiger partial charge is 0.278 e. The van der Waals surface area contributed by atoms with Crippen molar-refractivity contribution in [3.63, 3.8) is 0 Å². The summed E-state index contributed by atoms with van der Waals surface area (Å²) >= 11 is 0. The number of rotatable bonds is 4. The van der Waals surface area contributed by atoms with Crippen molar-refractivity contribution >= 4 is 12.8 Å². The number of hydrogen-bond acceptors (Lipinski definition) is 2. The minimum Gasteiger partial charge on any atom is -0.278 e. The maximum absolute atomic E-state index is 9.79. The van der Waals surface area contributed by atoms with Crippen molar-refractivity contribution in [2.45, 2.75) is 13.3 Å². The van der Waals surface area contributed by atoms with Gasteiger partial charge in [0, 0.05) is 6.54 Å². The molecule has 0 heterocycles. The van der Waals surface area contributed by atoms with E-state index in [0.717, 1.165) is 11.3 Å². The van der Waals surface area contributed by atoms with Crippen molar-refractivity contribution in [3.8, 4) is 0 Å². The van der Waals surface area contributed by atoms with Gasteiger partial charge >= 0.3 is 6.41 Å². The third-order valence-corrected chi connectivity index (χ3v) is 0.709. The number of hydrogen-bond donors (Lipinski definition) is 0. The monoisotopic (exact) mass is 114 g/mol. The summed E-state index contributed by atoms with van der Waals surface area (Å²) in [7, 11) is 0. The average molecular weight is 114 g/mol. The van der Waals surface area contributed by atoms with Crippen LogP contribution in [0.3, 0.4) is 0 Å². The fourth-order valence-corrected chi connectivity index (χ4v) is 0.361. The molecule has 0 fully saturated rings. The molecule has 0 spiro atoms. The molecule has 0 bridgehead atoms. The largest absolute Gasteiger partial charge is 0.318 e. The minimum atomic E-state index is 0.465. The Morgan fingerprint density at radius 1 is 1.75 bits per heavy atom. The summed E-state index contributed by atoms with van der Waals surface area (Å²) < 4.78 is 0. The molecule has 0 aliphatic heterocycles. The Labute approximate surface area is 48.3 Å². The quantitative estimate of drug-likeness (QED) is 0.378. The third kappa shape index (κ3) is 2.34. The fourth-order valence-electron chi connectivity index (χ4n) is 0.361. The van der Waals surface area contributed by atoms with Crippen LogP contribution in [0.4, 0.5) is 0 Å². The van der Waals surface area contributed by atoms with Crippen LogP contribution in [0.15, 0.2) is 0 Å². The van der Waals surface area contributed by atoms with Gasteiger partial charge in [-0.25, -0.2) is 0 Å². The van der Waals surface area contributed by atoms with E-state index >= 15 is 0 Å². The molecule has 0 N–H and O–H groups in total. The van der Waals surface area contributed by atoms with Crippen LogP contribution in [0.5, 0.6) is 0 Å². The summed E-state index contributed by atoms with van der Waals surface area (Å²) in [5, 5.41) is 0. The summed E-state index contributed by atoms with van der Waals surface area (Å²) in [6, 6.07) is 0. The highest BCUT2D eigenvalue weighted by atomic mass is 16.2. The van der Waals surface area contributed by atoms with Gasteiger partial charge in [0.1, 0.15) is 0 Å². The lowest BCUT2D eigenvalue weighted by molar-refractivity contribution is -0.114. The standard InChI is InChI=1S/C5H8NO2/c1-2-3-6(4-7)5-8/h4H,2-3H2,1H3. The van der Waals surface area contributed by atoms with E-state index in [9.17, 15) is 9.59 Å². The van der Waals surface area contributed by atoms with Crippen LogP contribution in [-0.4, -0.2) is 24.3 Å². The van der Waals surface area contributed by atoms with Crippen LogP contribution in [-0.2, 0) is 9.59 Å². The van der Waals surface area contributed by atoms with Crippen LogP contribution in [0.1, 0.15) is 13.3 Å². The number of carbonyl (C=O) groups is 1. The van der Waals surface area contributed by atoms with Crippen molar-refractivity contribution in [2.24, 2.45) is 0 Å². The van der Waals surface area contributed by atoms with Crippen molar-refractivity contribution in [2.75, 3.05) is 6.54 Å². The molecule has 0 saturated heterocycles. The van der Waals surface area contributed by atoms with E-state index < -0.39 is 0 Å². The Bertz CT molecular complexity index is 74.5. The molecule has 0 unspecified atom stereocenters. The van der Waals surface area contributed by atoms with E-state index in [4.69, 9.17) is 0 Å². The first-order chi connectivity index (χ1) is 3.85. The molecule has 45 valence electrons. The van der Waals surface area contributed by atoms with Crippen LogP contribution < -0.4 is 0 Å². The van der Waals surface area contributed by atoms with E-state index in [0.29, 0.717) is 13.0 Å². The second kappa shape index (κ2) is 4.30. The molecule has 0 saturated carbocycles. The first-order valence-electron chi connectivity index (χ1n) is 2.44. The molecule has 3 nitrogen and oxygen atoms in total. The lowest BCUT2D eigenvalue weighted by atomic mass is 10.5. The molecule has 3 heteroatoms. The van der Waals surface area contributed by atoms with Crippen LogP contribution in [0.2, 0.25) is 0 Å². The van der Waals surface area contributed by atoms with E-state index in [-0.39, 0.29) is 0 Å². The molecular formula is C5H8NO2. The zero-order chi connectivity index (χ0) is 6.41. The second-order valence-electron chi connectivity index (χ2n) is 1.39. The highest BCUT2D eigenvalue weighted by Gasteiger charge is 1.94. The van der Waals surface area contributed by atoms with Gasteiger partial charge in [0.2, 0.25) is 6.41 Å². The first-order valence-corrected chi connectivity index (χ1v) is 2.44. The molecule has 0 aromatic rings. The Kier molecular flexibility index (Phi) is 3.84. The molecule has 8 heavy (non-hydrogen) atoms. The number of amides is 2. The van der Waals surface area contributed by atoms with Gasteiger partial charge in [0.25, 0.3) is 0 Å². The van der Waals surface area contributed by atoms with E-state index in [1.54, 1.807) is 0 Å². The van der Waals surface area contributed by atoms with E-state index in [1.807, 2.05) is 6.92 Å². The van der Waals surface area contributed by atoms with Crippen molar-refractivity contribution < 1.29 is 9.59 Å². The Morgan fingerprint density at radius 3 is 2.50 bits per heavy atom. The lowest BCUT2D eigenvalue weighted by Gasteiger charge is -2.01. The molecule has 0 aromatic carbocycles. The topological polar surface area (TPSA) is 37.4 Å². The summed E-state index contributed by atoms with van der Waals surface area (Å²) in [6.45, 7) is 2.35. The summed E-state index contributed by atoms with van der Waals surface area (Å²) in [6.07, 6.45) is 2.72. The van der Waals surface area contributed by atoms with Crippen molar-refractivity contribution in [1.82, 2.24) is 4.90 Å². The highest BCUT2D eigenvalue weighted by Crippen LogP contribution is 1.79. The van der Waals surface area contributed by atoms with E-state index in [2.05, 4.69) is 0 Å². The van der Waals surface area contributed by atoms with Gasteiger partial charge in [-0.3, -0.25) is 14.5 Å². The number of carbonyl (C=O) groups excluding carboxylic acids is 2. The van der Waals surface area contributed by atoms with Crippen LogP contribution in [0, 0.1) is 0 Å². The molecule has 0 rings (SSSR count). The van der Waals surface area contributed by atoms with Gasteiger partial charge in [0.05, 0.1) is 0 Å². The zero-order valence-corrected chi connectivity index (χ0v) is 4.76. The molecule has 0 aliphatic rings. The molecule has 2 amide bonds. The van der Waals surface area contributed by atoms with Gasteiger partial charge in [-0.2, -0.15) is 0 Å². The SMILES string of the molecule is CCCN([C]=O)C=O. The van der Waals surface area contributed by atoms with Gasteiger partial charge in [-0.05, 0) is 6.42 Å². The second-order valence-corrected chi connectivity index (χ2v) is 1.39. The predicted molar refractivity (Wildman–Crippen MR) is 28.8 cm³/mol. The third-order valence-electron chi connectivity index (χ3n) is 0.709. The van der Waals surface area contributed by atoms with Crippen LogP contribution in [0.25, 0.3) is 0 Å². The van der Waals surface area contributed by atoms with Gasteiger partial charge in [-0.15, -0.1) is 0 Å². The van der Waals surface area contributed by atoms with Gasteiger partial charge in [0.15, 0.2) is 0 Å². The Balaban J connectivity index is 3.35. The summed E-state index contributed by atoms with van der Waals surface area (Å²) in [5.74, 6) is 0. The first kappa shape index (κ1) is 7.14. The van der Waals surface area contributed by atoms with Crippen LogP contribution >= 0.6 is 0 Å². The molecule has 1 radical (unpaired) electrons. The molecule has 0 aromatic heterocycles. The number of nitrogens with zero attached hydrogens (tertiary/aromatic N) is 1. The number of imide groups is 1. The average Bonchev–Trinajstić information content (AvgIpc) is 1.83. The normalized spacial score (nSPS) is 8.12. The van der Waals surface area contributed by atoms with Gasteiger partial charge in [-0.1, -0.05) is 6.92 Å². The highest BCUT2D eigenvalue weighted by molar-refractivity contribution is 5.68. The maximum Gasteiger partial charge on any atom is 0.318 e. The van der Waals surface area contributed by atoms with E-state index in [1.165, 1.54) is 6.41 Å². The fraction of sp³-hybridized carbons (Fsp3) is 0.600. The van der Waals surface area contributed by atoms with Crippen molar-refractivity contribution in [1.29, 1.82) is 0 Å². The molecular weight excluding hydrogens is 106 g/mol. The van der Waals surface area contributed by atoms with Crippen molar-refractivity contribution in [3.05, 3.63) is 0 Å². The zero-order valence-electron chi connectivity index (χ0n) is 4.76. The summed E-state index contributed by atoms with van der Waals surface area (Å²) in [4.78, 5) is 20.4. The lowest BCUT2D eigenvalue weighted by Crippen LogP contribution is -2.19. The molecule has 0 aliphatic carbocycles. The molecule has 0 atom stereocenters. The maximum atomic E-state index is 9.79. The predicted octanol–water partition coefficient (Wildman–Crippen LogP) is -0.0780.